The van der Waals surface area contributed by atoms with Gasteiger partial charge in [0.2, 0.25) is 0 Å². The van der Waals surface area contributed by atoms with Crippen LogP contribution in [-0.2, 0) is 6.54 Å². The van der Waals surface area contributed by atoms with Crippen molar-refractivity contribution in [2.75, 3.05) is 0 Å². The standard InChI is InChI=1S/C8H11N.C2H6.CH4.H2/c1-7-2-4-8(6-9)5-3-7;1-2;;/h2-5H,6,9H2,1H3;1-2H3;1H4;1H. The molecule has 2 N–H and O–H groups in total. The van der Waals surface area contributed by atoms with Gasteiger partial charge < -0.3 is 5.73 Å². The highest BCUT2D eigenvalue weighted by molar-refractivity contribution is 5.20. The van der Waals surface area contributed by atoms with Crippen LogP contribution in [0.1, 0.15) is 33.8 Å². The van der Waals surface area contributed by atoms with Gasteiger partial charge in [-0.3, -0.25) is 0 Å². The Kier molecular flexibility index (Phi) is 9.48. The molecule has 1 nitrogen and oxygen atoms in total. The van der Waals surface area contributed by atoms with Crippen LogP contribution in [0.3, 0.4) is 0 Å². The van der Waals surface area contributed by atoms with Crippen molar-refractivity contribution in [2.24, 2.45) is 5.73 Å². The fraction of sp³-hybridized carbons (Fsp3) is 0.455. The SMILES string of the molecule is C.CC.Cc1ccc(CN)cc1.[HH]. The van der Waals surface area contributed by atoms with E-state index >= 15 is 0 Å². The normalized spacial score (nSPS) is 7.67. The predicted octanol–water partition coefficient (Wildman–Crippen LogP) is 3.36. The van der Waals surface area contributed by atoms with Crippen molar-refractivity contribution in [3.8, 4) is 0 Å². The Morgan fingerprint density at radius 3 is 1.92 bits per heavy atom. The molecule has 0 atom stereocenters. The van der Waals surface area contributed by atoms with Crippen molar-refractivity contribution in [3.63, 3.8) is 0 Å². The Labute approximate surface area is 78.1 Å². The molecule has 1 aromatic carbocycles. The van der Waals surface area contributed by atoms with Crippen molar-refractivity contribution in [3.05, 3.63) is 35.4 Å². The monoisotopic (exact) mass is 169 g/mol. The maximum absolute atomic E-state index is 5.40. The number of hydrogen-bond donors (Lipinski definition) is 1. The van der Waals surface area contributed by atoms with E-state index in [2.05, 4.69) is 31.2 Å². The predicted molar refractivity (Wildman–Crippen MR) is 59.3 cm³/mol. The van der Waals surface area contributed by atoms with Crippen LogP contribution < -0.4 is 5.73 Å². The van der Waals surface area contributed by atoms with E-state index in [1.807, 2.05) is 13.8 Å². The highest BCUT2D eigenvalue weighted by atomic mass is 14.5. The van der Waals surface area contributed by atoms with Crippen LogP contribution in [0.15, 0.2) is 24.3 Å². The Morgan fingerprint density at radius 2 is 1.58 bits per heavy atom. The van der Waals surface area contributed by atoms with E-state index in [0.29, 0.717) is 6.54 Å². The molecule has 0 fully saturated rings. The summed E-state index contributed by atoms with van der Waals surface area (Å²) >= 11 is 0. The van der Waals surface area contributed by atoms with Gasteiger partial charge in [-0.1, -0.05) is 51.1 Å². The van der Waals surface area contributed by atoms with E-state index in [-0.39, 0.29) is 8.85 Å². The molecule has 1 rings (SSSR count). The smallest absolute Gasteiger partial charge is 0.0178 e. The topological polar surface area (TPSA) is 26.0 Å². The summed E-state index contributed by atoms with van der Waals surface area (Å²) in [7, 11) is 0. The molecule has 0 spiro atoms. The second-order valence-corrected chi connectivity index (χ2v) is 2.19. The first-order chi connectivity index (χ1) is 5.33. The first kappa shape index (κ1) is 13.7. The van der Waals surface area contributed by atoms with Gasteiger partial charge in [-0.25, -0.2) is 0 Å². The zero-order valence-electron chi connectivity index (χ0n) is 7.59. The summed E-state index contributed by atoms with van der Waals surface area (Å²) in [6, 6.07) is 8.25. The first-order valence-electron chi connectivity index (χ1n) is 4.08. The van der Waals surface area contributed by atoms with E-state index in [4.69, 9.17) is 5.73 Å². The number of rotatable bonds is 1. The maximum Gasteiger partial charge on any atom is 0.0178 e. The Hall–Kier alpha value is -0.820. The van der Waals surface area contributed by atoms with Crippen LogP contribution in [0.5, 0.6) is 0 Å². The highest BCUT2D eigenvalue weighted by Gasteiger charge is 1.84. The van der Waals surface area contributed by atoms with Crippen LogP contribution in [0.25, 0.3) is 0 Å². The molecule has 1 heteroatoms. The largest absolute Gasteiger partial charge is 0.326 e. The van der Waals surface area contributed by atoms with Gasteiger partial charge in [0, 0.05) is 7.97 Å². The number of nitrogens with two attached hydrogens (primary N) is 1. The average molecular weight is 169 g/mol. The Balaban J connectivity index is -0.000000234. The molecule has 0 aromatic heterocycles. The summed E-state index contributed by atoms with van der Waals surface area (Å²) in [5.41, 5.74) is 7.88. The average Bonchev–Trinajstić information content (AvgIpc) is 2.10. The quantitative estimate of drug-likeness (QED) is 0.685. The van der Waals surface area contributed by atoms with Gasteiger partial charge >= 0.3 is 0 Å². The summed E-state index contributed by atoms with van der Waals surface area (Å²) in [4.78, 5) is 0. The molecule has 0 heterocycles. The van der Waals surface area contributed by atoms with Gasteiger partial charge in [0.05, 0.1) is 0 Å². The lowest BCUT2D eigenvalue weighted by Crippen LogP contribution is -1.94. The number of aryl methyl sites for hydroxylation is 1. The zero-order chi connectivity index (χ0) is 8.69. The van der Waals surface area contributed by atoms with Crippen molar-refractivity contribution >= 4 is 0 Å². The summed E-state index contributed by atoms with van der Waals surface area (Å²) in [6.45, 7) is 6.71. The van der Waals surface area contributed by atoms with E-state index in [1.54, 1.807) is 0 Å². The molecular formula is C11H23N. The first-order valence-corrected chi connectivity index (χ1v) is 4.08. The van der Waals surface area contributed by atoms with E-state index in [0.717, 1.165) is 0 Å². The van der Waals surface area contributed by atoms with E-state index < -0.39 is 0 Å². The van der Waals surface area contributed by atoms with Crippen LogP contribution >= 0.6 is 0 Å². The highest BCUT2D eigenvalue weighted by Crippen LogP contribution is 2.00. The minimum Gasteiger partial charge on any atom is -0.326 e. The van der Waals surface area contributed by atoms with Crippen LogP contribution in [0.2, 0.25) is 0 Å². The molecule has 0 saturated heterocycles. The molecule has 0 radical (unpaired) electrons. The van der Waals surface area contributed by atoms with Crippen molar-refractivity contribution in [1.29, 1.82) is 0 Å². The zero-order valence-corrected chi connectivity index (χ0v) is 7.59. The van der Waals surface area contributed by atoms with Crippen molar-refractivity contribution < 1.29 is 1.43 Å². The molecule has 0 aliphatic rings. The van der Waals surface area contributed by atoms with Crippen LogP contribution in [0.4, 0.5) is 0 Å². The van der Waals surface area contributed by atoms with Gasteiger partial charge in [-0.15, -0.1) is 0 Å². The van der Waals surface area contributed by atoms with Gasteiger partial charge in [0.25, 0.3) is 0 Å². The van der Waals surface area contributed by atoms with Crippen LogP contribution in [-0.4, -0.2) is 0 Å². The molecule has 0 saturated carbocycles. The molecule has 0 bridgehead atoms. The minimum absolute atomic E-state index is 0. The lowest BCUT2D eigenvalue weighted by Gasteiger charge is -1.94. The van der Waals surface area contributed by atoms with Gasteiger partial charge in [-0.05, 0) is 12.5 Å². The number of benzene rings is 1. The minimum atomic E-state index is 0. The fourth-order valence-corrected chi connectivity index (χ4v) is 0.724. The molecule has 0 aliphatic heterocycles. The fourth-order valence-electron chi connectivity index (χ4n) is 0.724. The Bertz CT molecular complexity index is 182. The number of hydrogen-bond acceptors (Lipinski definition) is 1. The molecule has 0 aliphatic carbocycles. The lowest BCUT2D eigenvalue weighted by molar-refractivity contribution is 1.07. The Morgan fingerprint density at radius 1 is 1.17 bits per heavy atom. The van der Waals surface area contributed by atoms with E-state index in [1.165, 1.54) is 11.1 Å². The summed E-state index contributed by atoms with van der Waals surface area (Å²) < 4.78 is 0. The van der Waals surface area contributed by atoms with Crippen molar-refractivity contribution in [1.82, 2.24) is 0 Å². The van der Waals surface area contributed by atoms with Crippen LogP contribution in [0, 0.1) is 6.92 Å². The molecule has 0 unspecified atom stereocenters. The molecule has 0 amide bonds. The summed E-state index contributed by atoms with van der Waals surface area (Å²) in [6.07, 6.45) is 0. The third-order valence-electron chi connectivity index (χ3n) is 1.36. The third-order valence-corrected chi connectivity index (χ3v) is 1.36. The molecule has 1 aromatic rings. The maximum atomic E-state index is 5.40. The third kappa shape index (κ3) is 4.91. The van der Waals surface area contributed by atoms with Gasteiger partial charge in [0.15, 0.2) is 0 Å². The molecular weight excluding hydrogens is 146 g/mol. The second-order valence-electron chi connectivity index (χ2n) is 2.19. The van der Waals surface area contributed by atoms with Gasteiger partial charge in [-0.2, -0.15) is 0 Å². The second kappa shape index (κ2) is 8.28. The van der Waals surface area contributed by atoms with E-state index in [9.17, 15) is 0 Å². The van der Waals surface area contributed by atoms with Crippen molar-refractivity contribution in [2.45, 2.75) is 34.7 Å². The molecule has 72 valence electrons. The lowest BCUT2D eigenvalue weighted by atomic mass is 10.2. The summed E-state index contributed by atoms with van der Waals surface area (Å²) in [5, 5.41) is 0. The molecule has 12 heavy (non-hydrogen) atoms. The summed E-state index contributed by atoms with van der Waals surface area (Å²) in [5.74, 6) is 0. The van der Waals surface area contributed by atoms with Gasteiger partial charge in [0.1, 0.15) is 0 Å².